The molecule has 0 aliphatic rings. The van der Waals surface area contributed by atoms with Crippen LogP contribution >= 0.6 is 0 Å². The van der Waals surface area contributed by atoms with Crippen molar-refractivity contribution in [1.82, 2.24) is 20.1 Å². The lowest BCUT2D eigenvalue weighted by atomic mass is 10.2. The Morgan fingerprint density at radius 2 is 2.15 bits per heavy atom. The number of aryl methyl sites for hydroxylation is 1. The highest BCUT2D eigenvalue weighted by Gasteiger charge is 2.35. The number of nitrogens with one attached hydrogen (secondary N) is 2. The first-order valence-corrected chi connectivity index (χ1v) is 7.71. The number of pyridine rings is 1. The first-order chi connectivity index (χ1) is 12.2. The van der Waals surface area contributed by atoms with Crippen LogP contribution in [0.2, 0.25) is 0 Å². The van der Waals surface area contributed by atoms with Crippen molar-refractivity contribution in [2.75, 3.05) is 11.9 Å². The molecule has 0 aliphatic heterocycles. The van der Waals surface area contributed by atoms with Gasteiger partial charge in [0.15, 0.2) is 0 Å². The molecular formula is C16H17F3N6O. The fourth-order valence-corrected chi connectivity index (χ4v) is 2.25. The van der Waals surface area contributed by atoms with Gasteiger partial charge in [-0.25, -0.2) is 9.78 Å². The topological polar surface area (TPSA) is 95.6 Å². The molecule has 0 aromatic carbocycles. The van der Waals surface area contributed by atoms with E-state index in [1.54, 1.807) is 6.92 Å². The average molecular weight is 366 g/mol. The molecule has 2 N–H and O–H groups in total. The highest BCUT2D eigenvalue weighted by molar-refractivity contribution is 5.88. The van der Waals surface area contributed by atoms with Crippen LogP contribution in [0.25, 0.3) is 0 Å². The molecule has 0 aliphatic carbocycles. The zero-order valence-electron chi connectivity index (χ0n) is 14.1. The van der Waals surface area contributed by atoms with Crippen molar-refractivity contribution in [2.45, 2.75) is 26.6 Å². The lowest BCUT2D eigenvalue weighted by Gasteiger charge is -2.16. The van der Waals surface area contributed by atoms with E-state index in [9.17, 15) is 18.0 Å². The summed E-state index contributed by atoms with van der Waals surface area (Å²) >= 11 is 0. The zero-order chi connectivity index (χ0) is 19.3. The molecule has 0 spiro atoms. The van der Waals surface area contributed by atoms with Crippen molar-refractivity contribution in [2.24, 2.45) is 5.92 Å². The molecule has 2 amide bonds. The second-order valence-electron chi connectivity index (χ2n) is 5.83. The number of hydrogen-bond acceptors (Lipinski definition) is 4. The Bertz CT molecular complexity index is 807. The molecule has 0 bridgehead atoms. The number of hydrogen-bond donors (Lipinski definition) is 2. The van der Waals surface area contributed by atoms with Crippen LogP contribution in [0.4, 0.5) is 23.7 Å². The number of amides is 2. The zero-order valence-corrected chi connectivity index (χ0v) is 14.1. The predicted molar refractivity (Wildman–Crippen MR) is 87.1 cm³/mol. The van der Waals surface area contributed by atoms with Gasteiger partial charge in [-0.3, -0.25) is 4.68 Å². The lowest BCUT2D eigenvalue weighted by Crippen LogP contribution is -2.34. The summed E-state index contributed by atoms with van der Waals surface area (Å²) < 4.78 is 39.8. The lowest BCUT2D eigenvalue weighted by molar-refractivity contribution is -0.144. The molecule has 2 rings (SSSR count). The molecule has 26 heavy (non-hydrogen) atoms. The van der Waals surface area contributed by atoms with E-state index in [2.05, 4.69) is 20.7 Å². The molecule has 1 unspecified atom stereocenters. The van der Waals surface area contributed by atoms with E-state index < -0.39 is 17.9 Å². The molecule has 0 saturated carbocycles. The first-order valence-electron chi connectivity index (χ1n) is 7.71. The van der Waals surface area contributed by atoms with Gasteiger partial charge in [0.05, 0.1) is 17.6 Å². The van der Waals surface area contributed by atoms with Gasteiger partial charge < -0.3 is 10.6 Å². The fourth-order valence-electron chi connectivity index (χ4n) is 2.25. The molecule has 2 heterocycles. The standard InChI is InChI=1S/C16H17F3N6O/c1-10(9-25-14(16(17,18)19)5-11(2)24-25)7-22-15(26)23-13-4-3-12(6-20)21-8-13/h3-5,8,10H,7,9H2,1-2H3,(H2,22,23,26). The SMILES string of the molecule is Cc1cc(C(F)(F)F)n(CC(C)CNC(=O)Nc2ccc(C#N)nc2)n1. The fraction of sp³-hybridized carbons (Fsp3) is 0.375. The number of alkyl halides is 3. The van der Waals surface area contributed by atoms with Crippen LogP contribution in [0, 0.1) is 24.2 Å². The maximum absolute atomic E-state index is 13.0. The van der Waals surface area contributed by atoms with Gasteiger partial charge in [-0.2, -0.15) is 23.5 Å². The quantitative estimate of drug-likeness (QED) is 0.850. The van der Waals surface area contributed by atoms with E-state index >= 15 is 0 Å². The van der Waals surface area contributed by atoms with Crippen molar-refractivity contribution < 1.29 is 18.0 Å². The van der Waals surface area contributed by atoms with Crippen molar-refractivity contribution in [3.05, 3.63) is 41.5 Å². The molecular weight excluding hydrogens is 349 g/mol. The van der Waals surface area contributed by atoms with E-state index in [-0.39, 0.29) is 30.4 Å². The van der Waals surface area contributed by atoms with Gasteiger partial charge in [0.25, 0.3) is 0 Å². The number of aromatic nitrogens is 3. The largest absolute Gasteiger partial charge is 0.433 e. The summed E-state index contributed by atoms with van der Waals surface area (Å²) in [6.07, 6.45) is -3.14. The van der Waals surface area contributed by atoms with Crippen LogP contribution in [0.15, 0.2) is 24.4 Å². The number of nitriles is 1. The van der Waals surface area contributed by atoms with Gasteiger partial charge >= 0.3 is 12.2 Å². The number of halogens is 3. The summed E-state index contributed by atoms with van der Waals surface area (Å²) in [5.41, 5.74) is 0.0919. The van der Waals surface area contributed by atoms with Crippen molar-refractivity contribution in [3.63, 3.8) is 0 Å². The highest BCUT2D eigenvalue weighted by Crippen LogP contribution is 2.30. The minimum absolute atomic E-state index is 0.0153. The highest BCUT2D eigenvalue weighted by atomic mass is 19.4. The Labute approximate surface area is 147 Å². The smallest absolute Gasteiger partial charge is 0.338 e. The van der Waals surface area contributed by atoms with Crippen molar-refractivity contribution in [3.8, 4) is 6.07 Å². The van der Waals surface area contributed by atoms with Gasteiger partial charge in [-0.05, 0) is 31.0 Å². The molecule has 0 radical (unpaired) electrons. The molecule has 1 atom stereocenters. The number of urea groups is 1. The van der Waals surface area contributed by atoms with E-state index in [1.807, 2.05) is 6.07 Å². The maximum Gasteiger partial charge on any atom is 0.433 e. The normalized spacial score (nSPS) is 12.3. The van der Waals surface area contributed by atoms with E-state index in [0.29, 0.717) is 5.69 Å². The number of anilines is 1. The third-order valence-electron chi connectivity index (χ3n) is 3.42. The van der Waals surface area contributed by atoms with Gasteiger partial charge in [0.1, 0.15) is 17.5 Å². The Hall–Kier alpha value is -3.09. The van der Waals surface area contributed by atoms with Crippen LogP contribution in [0.3, 0.4) is 0 Å². The molecule has 0 saturated heterocycles. The van der Waals surface area contributed by atoms with Crippen LogP contribution in [-0.4, -0.2) is 27.3 Å². The van der Waals surface area contributed by atoms with E-state index in [1.165, 1.54) is 25.3 Å². The molecule has 7 nitrogen and oxygen atoms in total. The Morgan fingerprint density at radius 3 is 2.73 bits per heavy atom. The third-order valence-corrected chi connectivity index (χ3v) is 3.42. The number of carbonyl (C=O) groups excluding carboxylic acids is 1. The van der Waals surface area contributed by atoms with Crippen molar-refractivity contribution in [1.29, 1.82) is 5.26 Å². The summed E-state index contributed by atoms with van der Waals surface area (Å²) in [5.74, 6) is -0.278. The van der Waals surface area contributed by atoms with Gasteiger partial charge in [0.2, 0.25) is 0 Å². The minimum atomic E-state index is -4.48. The molecule has 138 valence electrons. The molecule has 10 heteroatoms. The predicted octanol–water partition coefficient (Wildman–Crippen LogP) is 2.93. The number of nitrogens with zero attached hydrogens (tertiary/aromatic N) is 4. The maximum atomic E-state index is 13.0. The summed E-state index contributed by atoms with van der Waals surface area (Å²) in [6, 6.07) is 5.31. The summed E-state index contributed by atoms with van der Waals surface area (Å²) in [7, 11) is 0. The second kappa shape index (κ2) is 7.86. The second-order valence-corrected chi connectivity index (χ2v) is 5.83. The Kier molecular flexibility index (Phi) is 5.82. The van der Waals surface area contributed by atoms with Crippen LogP contribution < -0.4 is 10.6 Å². The van der Waals surface area contributed by atoms with Crippen LogP contribution in [0.1, 0.15) is 24.0 Å². The monoisotopic (exact) mass is 366 g/mol. The number of rotatable bonds is 5. The van der Waals surface area contributed by atoms with E-state index in [4.69, 9.17) is 5.26 Å². The summed E-state index contributed by atoms with van der Waals surface area (Å²) in [4.78, 5) is 15.7. The summed E-state index contributed by atoms with van der Waals surface area (Å²) in [5, 5.41) is 17.6. The van der Waals surface area contributed by atoms with Crippen molar-refractivity contribution >= 4 is 11.7 Å². The third kappa shape index (κ3) is 5.20. The Balaban J connectivity index is 1.87. The molecule has 0 fully saturated rings. The number of carbonyl (C=O) groups is 1. The van der Waals surface area contributed by atoms with Gasteiger partial charge in [-0.15, -0.1) is 0 Å². The molecule has 2 aromatic rings. The van der Waals surface area contributed by atoms with Gasteiger partial charge in [0, 0.05) is 13.1 Å². The van der Waals surface area contributed by atoms with Gasteiger partial charge in [-0.1, -0.05) is 6.92 Å². The minimum Gasteiger partial charge on any atom is -0.338 e. The van der Waals surface area contributed by atoms with Crippen LogP contribution in [0.5, 0.6) is 0 Å². The van der Waals surface area contributed by atoms with Crippen LogP contribution in [-0.2, 0) is 12.7 Å². The summed E-state index contributed by atoms with van der Waals surface area (Å²) in [6.45, 7) is 3.38. The first kappa shape index (κ1) is 19.2. The Morgan fingerprint density at radius 1 is 1.42 bits per heavy atom. The van der Waals surface area contributed by atoms with E-state index in [0.717, 1.165) is 10.7 Å². The molecule has 2 aromatic heterocycles. The average Bonchev–Trinajstić information content (AvgIpc) is 2.94.